The van der Waals surface area contributed by atoms with Crippen molar-refractivity contribution in [1.82, 2.24) is 0 Å². The van der Waals surface area contributed by atoms with E-state index >= 15 is 0 Å². The first-order valence-corrected chi connectivity index (χ1v) is 7.28. The molecule has 0 saturated carbocycles. The molecule has 0 aliphatic rings. The summed E-state index contributed by atoms with van der Waals surface area (Å²) in [4.78, 5) is 0. The fourth-order valence-electron chi connectivity index (χ4n) is 2.34. The largest absolute Gasteiger partial charge is 0.493 e. The first-order chi connectivity index (χ1) is 10.9. The summed E-state index contributed by atoms with van der Waals surface area (Å²) in [5, 5.41) is 3.08. The highest BCUT2D eigenvalue weighted by Crippen LogP contribution is 2.33. The van der Waals surface area contributed by atoms with Crippen LogP contribution in [0.25, 0.3) is 0 Å². The van der Waals surface area contributed by atoms with Gasteiger partial charge < -0.3 is 14.8 Å². The van der Waals surface area contributed by atoms with E-state index < -0.39 is 11.6 Å². The molecule has 0 saturated heterocycles. The van der Waals surface area contributed by atoms with Crippen LogP contribution in [-0.4, -0.2) is 20.8 Å². The SMILES string of the molecule is COc1ccc(C(C)(C)CNc2cc(F)cc(F)c2)cc1OC. The van der Waals surface area contributed by atoms with Gasteiger partial charge in [-0.15, -0.1) is 0 Å². The van der Waals surface area contributed by atoms with Gasteiger partial charge in [0.25, 0.3) is 0 Å². The topological polar surface area (TPSA) is 30.5 Å². The van der Waals surface area contributed by atoms with Crippen molar-refractivity contribution < 1.29 is 18.3 Å². The van der Waals surface area contributed by atoms with E-state index in [2.05, 4.69) is 5.32 Å². The average Bonchev–Trinajstić information content (AvgIpc) is 2.51. The van der Waals surface area contributed by atoms with Gasteiger partial charge >= 0.3 is 0 Å². The van der Waals surface area contributed by atoms with Crippen molar-refractivity contribution >= 4 is 5.69 Å². The van der Waals surface area contributed by atoms with Crippen molar-refractivity contribution in [2.75, 3.05) is 26.1 Å². The fraction of sp³-hybridized carbons (Fsp3) is 0.333. The minimum absolute atomic E-state index is 0.275. The van der Waals surface area contributed by atoms with Gasteiger partial charge in [0.15, 0.2) is 11.5 Å². The highest BCUT2D eigenvalue weighted by Gasteiger charge is 2.22. The molecule has 0 bridgehead atoms. The van der Waals surface area contributed by atoms with Crippen molar-refractivity contribution in [3.63, 3.8) is 0 Å². The van der Waals surface area contributed by atoms with Crippen LogP contribution in [0.5, 0.6) is 11.5 Å². The lowest BCUT2D eigenvalue weighted by Gasteiger charge is -2.27. The molecule has 2 aromatic rings. The lowest BCUT2D eigenvalue weighted by Crippen LogP contribution is -2.27. The average molecular weight is 321 g/mol. The number of methoxy groups -OCH3 is 2. The zero-order chi connectivity index (χ0) is 17.0. The van der Waals surface area contributed by atoms with Crippen LogP contribution in [0.1, 0.15) is 19.4 Å². The summed E-state index contributed by atoms with van der Waals surface area (Å²) < 4.78 is 37.0. The molecule has 2 aromatic carbocycles. The van der Waals surface area contributed by atoms with Crippen LogP contribution in [-0.2, 0) is 5.41 Å². The Morgan fingerprint density at radius 2 is 1.52 bits per heavy atom. The van der Waals surface area contributed by atoms with Crippen LogP contribution < -0.4 is 14.8 Å². The van der Waals surface area contributed by atoms with Gasteiger partial charge in [0.05, 0.1) is 14.2 Å². The lowest BCUT2D eigenvalue weighted by molar-refractivity contribution is 0.353. The van der Waals surface area contributed by atoms with Crippen LogP contribution in [0.15, 0.2) is 36.4 Å². The standard InChI is InChI=1S/C18H21F2NO2/c1-18(2,11-21-15-9-13(19)8-14(20)10-15)12-5-6-16(22-3)17(7-12)23-4/h5-10,21H,11H2,1-4H3. The molecule has 0 amide bonds. The molecule has 0 heterocycles. The molecule has 0 fully saturated rings. The second-order valence-electron chi connectivity index (χ2n) is 5.97. The first kappa shape index (κ1) is 17.1. The maximum atomic E-state index is 13.2. The third-order valence-corrected chi connectivity index (χ3v) is 3.76. The van der Waals surface area contributed by atoms with Crippen molar-refractivity contribution in [2.24, 2.45) is 0 Å². The molecule has 0 radical (unpaired) electrons. The van der Waals surface area contributed by atoms with Crippen LogP contribution >= 0.6 is 0 Å². The Bertz CT molecular complexity index is 666. The van der Waals surface area contributed by atoms with Crippen molar-refractivity contribution in [3.05, 3.63) is 53.6 Å². The van der Waals surface area contributed by atoms with Gasteiger partial charge in [-0.1, -0.05) is 19.9 Å². The number of benzene rings is 2. The van der Waals surface area contributed by atoms with E-state index in [1.54, 1.807) is 14.2 Å². The lowest BCUT2D eigenvalue weighted by atomic mass is 9.84. The summed E-state index contributed by atoms with van der Waals surface area (Å²) in [6, 6.07) is 9.10. The minimum atomic E-state index is -0.601. The first-order valence-electron chi connectivity index (χ1n) is 7.28. The van der Waals surface area contributed by atoms with Crippen LogP contribution in [0.2, 0.25) is 0 Å². The third kappa shape index (κ3) is 4.12. The van der Waals surface area contributed by atoms with Gasteiger partial charge in [0, 0.05) is 23.7 Å². The van der Waals surface area contributed by atoms with Gasteiger partial charge in [-0.2, -0.15) is 0 Å². The number of ether oxygens (including phenoxy) is 2. The van der Waals surface area contributed by atoms with Gasteiger partial charge in [0.1, 0.15) is 11.6 Å². The summed E-state index contributed by atoms with van der Waals surface area (Å²) in [5.74, 6) is 0.106. The van der Waals surface area contributed by atoms with E-state index in [4.69, 9.17) is 9.47 Å². The van der Waals surface area contributed by atoms with E-state index in [1.807, 2.05) is 32.0 Å². The highest BCUT2D eigenvalue weighted by molar-refractivity contribution is 5.47. The van der Waals surface area contributed by atoms with Gasteiger partial charge in [-0.3, -0.25) is 0 Å². The monoisotopic (exact) mass is 321 g/mol. The second-order valence-corrected chi connectivity index (χ2v) is 5.97. The Morgan fingerprint density at radius 3 is 2.09 bits per heavy atom. The second kappa shape index (κ2) is 6.86. The molecule has 0 spiro atoms. The predicted molar refractivity (Wildman–Crippen MR) is 87.4 cm³/mol. The maximum Gasteiger partial charge on any atom is 0.161 e. The van der Waals surface area contributed by atoms with E-state index in [0.29, 0.717) is 23.7 Å². The number of rotatable bonds is 6. The number of hydrogen-bond donors (Lipinski definition) is 1. The highest BCUT2D eigenvalue weighted by atomic mass is 19.1. The smallest absolute Gasteiger partial charge is 0.161 e. The Morgan fingerprint density at radius 1 is 0.913 bits per heavy atom. The summed E-state index contributed by atoms with van der Waals surface area (Å²) in [6.45, 7) is 4.58. The number of hydrogen-bond acceptors (Lipinski definition) is 3. The number of nitrogens with one attached hydrogen (secondary N) is 1. The molecule has 0 aromatic heterocycles. The third-order valence-electron chi connectivity index (χ3n) is 3.76. The molecule has 0 unspecified atom stereocenters. The van der Waals surface area contributed by atoms with Crippen molar-refractivity contribution in [3.8, 4) is 11.5 Å². The van der Waals surface area contributed by atoms with E-state index in [0.717, 1.165) is 11.6 Å². The molecular weight excluding hydrogens is 300 g/mol. The van der Waals surface area contributed by atoms with Gasteiger partial charge in [-0.25, -0.2) is 8.78 Å². The Hall–Kier alpha value is -2.30. The molecule has 0 atom stereocenters. The summed E-state index contributed by atoms with van der Waals surface area (Å²) in [7, 11) is 3.17. The summed E-state index contributed by atoms with van der Waals surface area (Å²) >= 11 is 0. The molecule has 0 aliphatic heterocycles. The Balaban J connectivity index is 2.17. The summed E-state index contributed by atoms with van der Waals surface area (Å²) in [5.41, 5.74) is 1.16. The molecule has 1 N–H and O–H groups in total. The van der Waals surface area contributed by atoms with E-state index in [9.17, 15) is 8.78 Å². The Labute approximate surface area is 135 Å². The predicted octanol–water partition coefficient (Wildman–Crippen LogP) is 4.37. The zero-order valence-electron chi connectivity index (χ0n) is 13.7. The molecule has 3 nitrogen and oxygen atoms in total. The van der Waals surface area contributed by atoms with Gasteiger partial charge in [0.2, 0.25) is 0 Å². The fourth-order valence-corrected chi connectivity index (χ4v) is 2.34. The molecule has 2 rings (SSSR count). The maximum absolute atomic E-state index is 13.2. The molecule has 23 heavy (non-hydrogen) atoms. The van der Waals surface area contributed by atoms with E-state index in [-0.39, 0.29) is 5.41 Å². The summed E-state index contributed by atoms with van der Waals surface area (Å²) in [6.07, 6.45) is 0. The van der Waals surface area contributed by atoms with Crippen LogP contribution in [0, 0.1) is 11.6 Å². The number of halogens is 2. The minimum Gasteiger partial charge on any atom is -0.493 e. The molecule has 124 valence electrons. The number of anilines is 1. The normalized spacial score (nSPS) is 11.2. The Kier molecular flexibility index (Phi) is 5.08. The van der Waals surface area contributed by atoms with E-state index in [1.165, 1.54) is 12.1 Å². The quantitative estimate of drug-likeness (QED) is 0.857. The van der Waals surface area contributed by atoms with Gasteiger partial charge in [-0.05, 0) is 29.8 Å². The zero-order valence-corrected chi connectivity index (χ0v) is 13.7. The van der Waals surface area contributed by atoms with Crippen molar-refractivity contribution in [1.29, 1.82) is 0 Å². The molecule has 0 aliphatic carbocycles. The van der Waals surface area contributed by atoms with Crippen LogP contribution in [0.4, 0.5) is 14.5 Å². The van der Waals surface area contributed by atoms with Crippen molar-refractivity contribution in [2.45, 2.75) is 19.3 Å². The van der Waals surface area contributed by atoms with Crippen LogP contribution in [0.3, 0.4) is 0 Å². The molecular formula is C18H21F2NO2. The molecule has 5 heteroatoms.